The van der Waals surface area contributed by atoms with Gasteiger partial charge in [0.1, 0.15) is 0 Å². The zero-order valence-electron chi connectivity index (χ0n) is 9.82. The predicted octanol–water partition coefficient (Wildman–Crippen LogP) is 1.79. The highest BCUT2D eigenvalue weighted by Crippen LogP contribution is 2.31. The molecule has 2 heterocycles. The molecule has 1 aromatic rings. The number of nitrogens with zero attached hydrogens (tertiary/aromatic N) is 2. The maximum atomic E-state index is 5.68. The molecule has 0 saturated heterocycles. The van der Waals surface area contributed by atoms with Crippen molar-refractivity contribution in [3.63, 3.8) is 0 Å². The van der Waals surface area contributed by atoms with Crippen LogP contribution in [0.1, 0.15) is 26.2 Å². The third-order valence-electron chi connectivity index (χ3n) is 3.08. The second-order valence-electron chi connectivity index (χ2n) is 4.20. The van der Waals surface area contributed by atoms with Crippen molar-refractivity contribution < 1.29 is 0 Å². The van der Waals surface area contributed by atoms with Crippen LogP contribution in [0, 0.1) is 0 Å². The number of hydrogen-bond donors (Lipinski definition) is 2. The second-order valence-corrected chi connectivity index (χ2v) is 4.20. The molecule has 0 aliphatic carbocycles. The maximum absolute atomic E-state index is 5.68. The summed E-state index contributed by atoms with van der Waals surface area (Å²) in [7, 11) is 0. The number of anilines is 2. The highest BCUT2D eigenvalue weighted by Gasteiger charge is 2.25. The Kier molecular flexibility index (Phi) is 3.62. The molecule has 0 radical (unpaired) electrons. The monoisotopic (exact) mass is 220 g/mol. The lowest BCUT2D eigenvalue weighted by Gasteiger charge is -2.28. The first kappa shape index (κ1) is 11.2. The Balaban J connectivity index is 2.15. The van der Waals surface area contributed by atoms with Gasteiger partial charge in [-0.15, -0.1) is 0 Å². The Morgan fingerprint density at radius 2 is 2.44 bits per heavy atom. The van der Waals surface area contributed by atoms with E-state index in [1.54, 1.807) is 0 Å². The molecule has 4 nitrogen and oxygen atoms in total. The molecule has 1 atom stereocenters. The Morgan fingerprint density at radius 3 is 3.19 bits per heavy atom. The van der Waals surface area contributed by atoms with Crippen molar-refractivity contribution in [1.29, 1.82) is 0 Å². The lowest BCUT2D eigenvalue weighted by molar-refractivity contribution is 0.530. The van der Waals surface area contributed by atoms with Crippen LogP contribution < -0.4 is 16.0 Å². The van der Waals surface area contributed by atoms with E-state index in [1.165, 1.54) is 18.5 Å². The minimum absolute atomic E-state index is 0.535. The lowest BCUT2D eigenvalue weighted by Crippen LogP contribution is -2.36. The standard InChI is InChI=1S/C12H20N4/c1-2-4-10(6-7-13)16-9-15-12-11(16)5-3-8-14-12/h3,5,8,10H,2,4,6-7,9,13H2,1H3,(H,14,15). The van der Waals surface area contributed by atoms with Gasteiger partial charge in [0.25, 0.3) is 0 Å². The fourth-order valence-corrected chi connectivity index (χ4v) is 2.32. The third-order valence-corrected chi connectivity index (χ3v) is 3.08. The van der Waals surface area contributed by atoms with Crippen molar-refractivity contribution >= 4 is 11.5 Å². The summed E-state index contributed by atoms with van der Waals surface area (Å²) in [6, 6.07) is 4.65. The number of hydrogen-bond acceptors (Lipinski definition) is 4. The summed E-state index contributed by atoms with van der Waals surface area (Å²) < 4.78 is 0. The topological polar surface area (TPSA) is 54.2 Å². The minimum atomic E-state index is 0.535. The van der Waals surface area contributed by atoms with Crippen molar-refractivity contribution in [2.24, 2.45) is 5.73 Å². The third kappa shape index (κ3) is 2.11. The zero-order valence-corrected chi connectivity index (χ0v) is 9.82. The van der Waals surface area contributed by atoms with Gasteiger partial charge < -0.3 is 16.0 Å². The number of nitrogens with two attached hydrogens (primary N) is 1. The number of rotatable bonds is 5. The molecular weight excluding hydrogens is 200 g/mol. The Labute approximate surface area is 96.8 Å². The fourth-order valence-electron chi connectivity index (χ4n) is 2.32. The van der Waals surface area contributed by atoms with Gasteiger partial charge in [0.2, 0.25) is 0 Å². The summed E-state index contributed by atoms with van der Waals surface area (Å²) in [5.41, 5.74) is 6.90. The SMILES string of the molecule is CCCC(CCN)N1CNc2ncccc21. The van der Waals surface area contributed by atoms with E-state index < -0.39 is 0 Å². The van der Waals surface area contributed by atoms with Crippen LogP contribution in [0.5, 0.6) is 0 Å². The van der Waals surface area contributed by atoms with E-state index in [9.17, 15) is 0 Å². The first-order valence-electron chi connectivity index (χ1n) is 6.02. The molecule has 0 saturated carbocycles. The zero-order chi connectivity index (χ0) is 11.4. The van der Waals surface area contributed by atoms with Crippen LogP contribution in [0.3, 0.4) is 0 Å². The summed E-state index contributed by atoms with van der Waals surface area (Å²) in [4.78, 5) is 6.72. The summed E-state index contributed by atoms with van der Waals surface area (Å²) in [6.45, 7) is 3.82. The highest BCUT2D eigenvalue weighted by molar-refractivity contribution is 5.70. The largest absolute Gasteiger partial charge is 0.351 e. The maximum Gasteiger partial charge on any atom is 0.151 e. The van der Waals surface area contributed by atoms with Gasteiger partial charge in [0.05, 0.1) is 12.4 Å². The van der Waals surface area contributed by atoms with Gasteiger partial charge in [-0.25, -0.2) is 4.98 Å². The summed E-state index contributed by atoms with van der Waals surface area (Å²) in [5.74, 6) is 1.00. The Morgan fingerprint density at radius 1 is 1.56 bits per heavy atom. The van der Waals surface area contributed by atoms with E-state index in [-0.39, 0.29) is 0 Å². The van der Waals surface area contributed by atoms with Gasteiger partial charge in [-0.3, -0.25) is 0 Å². The van der Waals surface area contributed by atoms with E-state index in [1.807, 2.05) is 12.3 Å². The van der Waals surface area contributed by atoms with E-state index in [4.69, 9.17) is 5.73 Å². The van der Waals surface area contributed by atoms with Crippen LogP contribution in [0.4, 0.5) is 11.5 Å². The molecule has 2 rings (SSSR count). The molecule has 0 bridgehead atoms. The van der Waals surface area contributed by atoms with Gasteiger partial charge in [-0.05, 0) is 31.5 Å². The van der Waals surface area contributed by atoms with Gasteiger partial charge in [0.15, 0.2) is 5.82 Å². The van der Waals surface area contributed by atoms with Crippen molar-refractivity contribution in [3.8, 4) is 0 Å². The van der Waals surface area contributed by atoms with Gasteiger partial charge in [-0.1, -0.05) is 13.3 Å². The summed E-state index contributed by atoms with van der Waals surface area (Å²) in [5, 5.41) is 3.32. The molecule has 0 aromatic carbocycles. The van der Waals surface area contributed by atoms with Crippen molar-refractivity contribution in [2.75, 3.05) is 23.4 Å². The molecule has 1 aromatic heterocycles. The van der Waals surface area contributed by atoms with E-state index in [0.29, 0.717) is 6.04 Å². The van der Waals surface area contributed by atoms with Crippen LogP contribution in [-0.4, -0.2) is 24.2 Å². The van der Waals surface area contributed by atoms with Gasteiger partial charge in [0, 0.05) is 12.2 Å². The fraction of sp³-hybridized carbons (Fsp3) is 0.583. The molecule has 88 valence electrons. The minimum Gasteiger partial charge on any atom is -0.351 e. The molecule has 1 aliphatic heterocycles. The molecule has 4 heteroatoms. The Hall–Kier alpha value is -1.29. The molecule has 1 aliphatic rings. The highest BCUT2D eigenvalue weighted by atomic mass is 15.3. The molecule has 0 amide bonds. The van der Waals surface area contributed by atoms with Crippen LogP contribution in [0.15, 0.2) is 18.3 Å². The number of fused-ring (bicyclic) bond motifs is 1. The van der Waals surface area contributed by atoms with E-state index >= 15 is 0 Å². The second kappa shape index (κ2) is 5.16. The molecule has 3 N–H and O–H groups in total. The van der Waals surface area contributed by atoms with Crippen LogP contribution >= 0.6 is 0 Å². The van der Waals surface area contributed by atoms with Crippen LogP contribution in [0.2, 0.25) is 0 Å². The average molecular weight is 220 g/mol. The molecule has 0 spiro atoms. The number of pyridine rings is 1. The quantitative estimate of drug-likeness (QED) is 0.794. The number of nitrogens with one attached hydrogen (secondary N) is 1. The summed E-state index contributed by atoms with van der Waals surface area (Å²) in [6.07, 6.45) is 5.25. The van der Waals surface area contributed by atoms with Crippen LogP contribution in [0.25, 0.3) is 0 Å². The predicted molar refractivity (Wildman–Crippen MR) is 67.6 cm³/mol. The molecule has 0 fully saturated rings. The van der Waals surface area contributed by atoms with E-state index in [2.05, 4.69) is 28.2 Å². The summed E-state index contributed by atoms with van der Waals surface area (Å²) >= 11 is 0. The van der Waals surface area contributed by atoms with Crippen molar-refractivity contribution in [1.82, 2.24) is 4.98 Å². The lowest BCUT2D eigenvalue weighted by atomic mass is 10.1. The Bertz CT molecular complexity index is 334. The molecule has 1 unspecified atom stereocenters. The first-order valence-corrected chi connectivity index (χ1v) is 6.02. The van der Waals surface area contributed by atoms with Crippen LogP contribution in [-0.2, 0) is 0 Å². The normalized spacial score (nSPS) is 15.8. The average Bonchev–Trinajstić information content (AvgIpc) is 2.72. The smallest absolute Gasteiger partial charge is 0.151 e. The van der Waals surface area contributed by atoms with Crippen molar-refractivity contribution in [3.05, 3.63) is 18.3 Å². The molecule has 16 heavy (non-hydrogen) atoms. The van der Waals surface area contributed by atoms with Crippen molar-refractivity contribution in [2.45, 2.75) is 32.2 Å². The van der Waals surface area contributed by atoms with Gasteiger partial charge in [-0.2, -0.15) is 0 Å². The van der Waals surface area contributed by atoms with Gasteiger partial charge >= 0.3 is 0 Å². The first-order chi connectivity index (χ1) is 7.86. The van der Waals surface area contributed by atoms with E-state index in [0.717, 1.165) is 25.5 Å². The number of aromatic nitrogens is 1. The molecular formula is C12H20N4.